The number of piperazine rings is 1. The van der Waals surface area contributed by atoms with Crippen LogP contribution in [0.5, 0.6) is 0 Å². The van der Waals surface area contributed by atoms with Crippen LogP contribution in [0.1, 0.15) is 15.9 Å². The zero-order valence-electron chi connectivity index (χ0n) is 18.0. The lowest BCUT2D eigenvalue weighted by molar-refractivity contribution is -0.114. The minimum absolute atomic E-state index is 0.137. The van der Waals surface area contributed by atoms with Gasteiger partial charge in [0.15, 0.2) is 0 Å². The van der Waals surface area contributed by atoms with Gasteiger partial charge in [0.25, 0.3) is 11.8 Å². The van der Waals surface area contributed by atoms with Gasteiger partial charge in [-0.1, -0.05) is 6.07 Å². The Labute approximate surface area is 189 Å². The number of likely N-dealkylation sites (N-methyl/N-ethyl adjacent to an activating group) is 1. The summed E-state index contributed by atoms with van der Waals surface area (Å²) < 4.78 is 19.9. The SMILES string of the molecule is CN1CCN(c2ccc(NC=C3C(=O)NC(=O)c4ccc(-c5ccoc5)cc43)c(F)n2)CC1. The fourth-order valence-corrected chi connectivity index (χ4v) is 3.97. The van der Waals surface area contributed by atoms with E-state index in [9.17, 15) is 14.0 Å². The predicted molar refractivity (Wildman–Crippen MR) is 122 cm³/mol. The number of rotatable bonds is 4. The van der Waals surface area contributed by atoms with E-state index in [1.807, 2.05) is 4.90 Å². The van der Waals surface area contributed by atoms with Crippen LogP contribution in [-0.2, 0) is 4.79 Å². The van der Waals surface area contributed by atoms with Crippen LogP contribution in [0.4, 0.5) is 15.9 Å². The maximum atomic E-state index is 14.7. The zero-order valence-corrected chi connectivity index (χ0v) is 18.0. The lowest BCUT2D eigenvalue weighted by Gasteiger charge is -2.33. The molecule has 1 fully saturated rings. The Morgan fingerprint density at radius 1 is 1.03 bits per heavy atom. The largest absolute Gasteiger partial charge is 0.472 e. The number of anilines is 2. The van der Waals surface area contributed by atoms with Crippen LogP contribution in [0.3, 0.4) is 0 Å². The number of amides is 2. The first kappa shape index (κ1) is 20.9. The summed E-state index contributed by atoms with van der Waals surface area (Å²) in [6.45, 7) is 3.35. The minimum Gasteiger partial charge on any atom is -0.472 e. The van der Waals surface area contributed by atoms with Crippen LogP contribution in [0.15, 0.2) is 59.5 Å². The third kappa shape index (κ3) is 4.10. The molecule has 0 aliphatic carbocycles. The highest BCUT2D eigenvalue weighted by molar-refractivity contribution is 6.31. The van der Waals surface area contributed by atoms with Crippen molar-refractivity contribution >= 4 is 28.9 Å². The molecule has 8 nitrogen and oxygen atoms in total. The number of hydrogen-bond donors (Lipinski definition) is 2. The molecule has 2 aliphatic rings. The van der Waals surface area contributed by atoms with Gasteiger partial charge in [-0.05, 0) is 42.9 Å². The van der Waals surface area contributed by atoms with E-state index in [4.69, 9.17) is 4.42 Å². The van der Waals surface area contributed by atoms with Gasteiger partial charge in [0.1, 0.15) is 5.82 Å². The topological polar surface area (TPSA) is 90.7 Å². The van der Waals surface area contributed by atoms with E-state index in [-0.39, 0.29) is 11.3 Å². The average Bonchev–Trinajstić information content (AvgIpc) is 3.35. The van der Waals surface area contributed by atoms with Crippen molar-refractivity contribution in [1.82, 2.24) is 15.2 Å². The number of aromatic nitrogens is 1. The van der Waals surface area contributed by atoms with Gasteiger partial charge in [0.2, 0.25) is 5.95 Å². The molecule has 0 bridgehead atoms. The summed E-state index contributed by atoms with van der Waals surface area (Å²) in [5.74, 6) is -1.13. The molecule has 2 aliphatic heterocycles. The van der Waals surface area contributed by atoms with Crippen molar-refractivity contribution in [3.63, 3.8) is 0 Å². The molecule has 168 valence electrons. The second-order valence-corrected chi connectivity index (χ2v) is 8.06. The fraction of sp³-hybridized carbons (Fsp3) is 0.208. The van der Waals surface area contributed by atoms with Gasteiger partial charge in [0.05, 0.1) is 23.8 Å². The first-order chi connectivity index (χ1) is 16.0. The molecule has 0 atom stereocenters. The Hall–Kier alpha value is -3.98. The van der Waals surface area contributed by atoms with Crippen molar-refractivity contribution in [2.75, 3.05) is 43.4 Å². The van der Waals surface area contributed by atoms with Crippen molar-refractivity contribution in [2.45, 2.75) is 0 Å². The Bertz CT molecular complexity index is 1250. The number of nitrogens with zero attached hydrogens (tertiary/aromatic N) is 3. The number of imide groups is 1. The molecule has 3 aromatic rings. The van der Waals surface area contributed by atoms with E-state index >= 15 is 0 Å². The zero-order chi connectivity index (χ0) is 22.9. The molecule has 1 aromatic carbocycles. The van der Waals surface area contributed by atoms with E-state index < -0.39 is 17.8 Å². The summed E-state index contributed by atoms with van der Waals surface area (Å²) in [4.78, 5) is 33.2. The first-order valence-electron chi connectivity index (χ1n) is 10.6. The third-order valence-electron chi connectivity index (χ3n) is 5.91. The maximum absolute atomic E-state index is 14.7. The normalized spacial score (nSPS) is 17.8. The molecule has 2 aromatic heterocycles. The van der Waals surface area contributed by atoms with Crippen molar-refractivity contribution in [1.29, 1.82) is 0 Å². The van der Waals surface area contributed by atoms with Gasteiger partial charge in [-0.2, -0.15) is 4.39 Å². The van der Waals surface area contributed by atoms with Crippen molar-refractivity contribution < 1.29 is 18.4 Å². The van der Waals surface area contributed by atoms with Crippen LogP contribution in [0.25, 0.3) is 16.7 Å². The molecular formula is C24H22FN5O3. The maximum Gasteiger partial charge on any atom is 0.260 e. The highest BCUT2D eigenvalue weighted by Gasteiger charge is 2.28. The average molecular weight is 447 g/mol. The van der Waals surface area contributed by atoms with Crippen LogP contribution >= 0.6 is 0 Å². The van der Waals surface area contributed by atoms with Gasteiger partial charge in [-0.25, -0.2) is 4.98 Å². The molecule has 0 unspecified atom stereocenters. The Morgan fingerprint density at radius 2 is 1.85 bits per heavy atom. The smallest absolute Gasteiger partial charge is 0.260 e. The number of benzene rings is 1. The number of carbonyl (C=O) groups is 2. The van der Waals surface area contributed by atoms with Crippen LogP contribution in [0.2, 0.25) is 0 Å². The van der Waals surface area contributed by atoms with Gasteiger partial charge in [-0.3, -0.25) is 14.9 Å². The number of fused-ring (bicyclic) bond motifs is 1. The molecule has 0 radical (unpaired) electrons. The monoisotopic (exact) mass is 447 g/mol. The molecule has 1 saturated heterocycles. The number of furan rings is 1. The van der Waals surface area contributed by atoms with Gasteiger partial charge in [0, 0.05) is 49.1 Å². The second-order valence-electron chi connectivity index (χ2n) is 8.06. The Kier molecular flexibility index (Phi) is 5.39. The van der Waals surface area contributed by atoms with E-state index in [0.717, 1.165) is 37.3 Å². The molecule has 4 heterocycles. The van der Waals surface area contributed by atoms with Crippen LogP contribution in [-0.4, -0.2) is 54.9 Å². The lowest BCUT2D eigenvalue weighted by atomic mass is 9.92. The number of pyridine rings is 1. The summed E-state index contributed by atoms with van der Waals surface area (Å²) in [6.07, 6.45) is 4.53. The second kappa shape index (κ2) is 8.51. The van der Waals surface area contributed by atoms with Gasteiger partial charge in [-0.15, -0.1) is 0 Å². The summed E-state index contributed by atoms with van der Waals surface area (Å²) in [6, 6.07) is 10.3. The fourth-order valence-electron chi connectivity index (χ4n) is 3.97. The molecule has 33 heavy (non-hydrogen) atoms. The summed E-state index contributed by atoms with van der Waals surface area (Å²) in [5, 5.41) is 5.16. The van der Waals surface area contributed by atoms with Gasteiger partial charge >= 0.3 is 0 Å². The van der Waals surface area contributed by atoms with Crippen molar-refractivity contribution in [3.05, 3.63) is 72.2 Å². The summed E-state index contributed by atoms with van der Waals surface area (Å²) in [5.41, 5.74) is 2.78. The first-order valence-corrected chi connectivity index (χ1v) is 10.6. The highest BCUT2D eigenvalue weighted by atomic mass is 19.1. The Balaban J connectivity index is 1.43. The molecule has 0 saturated carbocycles. The summed E-state index contributed by atoms with van der Waals surface area (Å²) >= 11 is 0. The molecule has 9 heteroatoms. The van der Waals surface area contributed by atoms with E-state index in [1.165, 1.54) is 6.20 Å². The third-order valence-corrected chi connectivity index (χ3v) is 5.91. The number of nitrogens with one attached hydrogen (secondary N) is 2. The van der Waals surface area contributed by atoms with Crippen molar-refractivity contribution in [2.24, 2.45) is 0 Å². The number of hydrogen-bond acceptors (Lipinski definition) is 7. The van der Waals surface area contributed by atoms with Crippen molar-refractivity contribution in [3.8, 4) is 11.1 Å². The standard InChI is InChI=1S/C24H22FN5O3/c1-29-7-9-30(10-8-29)21-5-4-20(22(25)27-21)26-13-19-18-12-15(16-6-11-33-14-16)2-3-17(18)23(31)28-24(19)32/h2-6,11-14,26H,7-10H2,1H3,(H,28,31,32). The quantitative estimate of drug-likeness (QED) is 0.361. The molecule has 0 spiro atoms. The van der Waals surface area contributed by atoms with E-state index in [1.54, 1.807) is 48.9 Å². The van der Waals surface area contributed by atoms with Crippen LogP contribution < -0.4 is 15.5 Å². The van der Waals surface area contributed by atoms with Gasteiger partial charge < -0.3 is 19.5 Å². The predicted octanol–water partition coefficient (Wildman–Crippen LogP) is 2.96. The molecular weight excluding hydrogens is 425 g/mol. The van der Waals surface area contributed by atoms with Crippen LogP contribution in [0, 0.1) is 5.95 Å². The number of carbonyl (C=O) groups excluding carboxylic acids is 2. The van der Waals surface area contributed by atoms with E-state index in [0.29, 0.717) is 16.9 Å². The molecule has 5 rings (SSSR count). The van der Waals surface area contributed by atoms with E-state index in [2.05, 4.69) is 27.6 Å². The Morgan fingerprint density at radius 3 is 2.58 bits per heavy atom. The molecule has 2 N–H and O–H groups in total. The molecule has 2 amide bonds. The highest BCUT2D eigenvalue weighted by Crippen LogP contribution is 2.30. The lowest BCUT2D eigenvalue weighted by Crippen LogP contribution is -2.44. The summed E-state index contributed by atoms with van der Waals surface area (Å²) in [7, 11) is 2.05. The minimum atomic E-state index is -0.664. The number of halogens is 1.